The Labute approximate surface area is 116 Å². The fraction of sp³-hybridized carbons (Fsp3) is 0.733. The highest BCUT2D eigenvalue weighted by Crippen LogP contribution is 2.19. The van der Waals surface area contributed by atoms with Crippen LogP contribution in [-0.4, -0.2) is 40.5 Å². The average Bonchev–Trinajstić information content (AvgIpc) is 2.71. The normalized spacial score (nSPS) is 20.2. The van der Waals surface area contributed by atoms with Crippen LogP contribution in [0.15, 0.2) is 6.07 Å². The molecule has 1 aliphatic heterocycles. The van der Waals surface area contributed by atoms with Gasteiger partial charge in [-0.25, -0.2) is 9.97 Å². The monoisotopic (exact) mass is 262 g/mol. The number of rotatable bonds is 5. The molecule has 2 heterocycles. The van der Waals surface area contributed by atoms with Crippen LogP contribution in [0.3, 0.4) is 0 Å². The third kappa shape index (κ3) is 4.16. The fourth-order valence-electron chi connectivity index (χ4n) is 2.85. The van der Waals surface area contributed by atoms with E-state index in [0.29, 0.717) is 6.04 Å². The molecule has 1 fully saturated rings. The van der Waals surface area contributed by atoms with Crippen molar-refractivity contribution in [2.24, 2.45) is 5.92 Å². The van der Waals surface area contributed by atoms with Gasteiger partial charge in [0.05, 0.1) is 0 Å². The topological polar surface area (TPSA) is 41.1 Å². The SMILES string of the molecule is Cc1cc(C)nc(NC[C@H]2CCCN2CC(C)C)n1. The Kier molecular flexibility index (Phi) is 4.75. The molecule has 1 N–H and O–H groups in total. The second-order valence-electron chi connectivity index (χ2n) is 6.04. The minimum atomic E-state index is 0.631. The average molecular weight is 262 g/mol. The van der Waals surface area contributed by atoms with E-state index in [4.69, 9.17) is 0 Å². The van der Waals surface area contributed by atoms with Gasteiger partial charge in [-0.1, -0.05) is 13.8 Å². The second-order valence-corrected chi connectivity index (χ2v) is 6.04. The van der Waals surface area contributed by atoms with Crippen molar-refractivity contribution in [2.45, 2.75) is 46.6 Å². The summed E-state index contributed by atoms with van der Waals surface area (Å²) in [4.78, 5) is 11.5. The van der Waals surface area contributed by atoms with Crippen molar-refractivity contribution in [1.82, 2.24) is 14.9 Å². The van der Waals surface area contributed by atoms with E-state index in [0.717, 1.165) is 29.8 Å². The molecule has 1 atom stereocenters. The third-order valence-corrected chi connectivity index (χ3v) is 3.58. The molecule has 2 rings (SSSR count). The van der Waals surface area contributed by atoms with Crippen LogP contribution in [0.2, 0.25) is 0 Å². The zero-order chi connectivity index (χ0) is 13.8. The smallest absolute Gasteiger partial charge is 0.223 e. The van der Waals surface area contributed by atoms with E-state index in [2.05, 4.69) is 34.0 Å². The molecule has 0 unspecified atom stereocenters. The van der Waals surface area contributed by atoms with Gasteiger partial charge >= 0.3 is 0 Å². The van der Waals surface area contributed by atoms with Crippen molar-refractivity contribution in [3.63, 3.8) is 0 Å². The molecule has 4 heteroatoms. The Morgan fingerprint density at radius 2 is 2.00 bits per heavy atom. The molecule has 1 aromatic rings. The highest BCUT2D eigenvalue weighted by molar-refractivity contribution is 5.27. The molecule has 0 aliphatic carbocycles. The van der Waals surface area contributed by atoms with Gasteiger partial charge in [0.25, 0.3) is 0 Å². The first kappa shape index (κ1) is 14.3. The van der Waals surface area contributed by atoms with E-state index in [1.165, 1.54) is 25.9 Å². The molecule has 0 saturated carbocycles. The van der Waals surface area contributed by atoms with Gasteiger partial charge < -0.3 is 5.32 Å². The lowest BCUT2D eigenvalue weighted by molar-refractivity contribution is 0.234. The summed E-state index contributed by atoms with van der Waals surface area (Å²) in [5.74, 6) is 1.51. The zero-order valence-electron chi connectivity index (χ0n) is 12.6. The van der Waals surface area contributed by atoms with E-state index < -0.39 is 0 Å². The Morgan fingerprint density at radius 1 is 1.32 bits per heavy atom. The van der Waals surface area contributed by atoms with Crippen molar-refractivity contribution in [3.8, 4) is 0 Å². The molecule has 1 aromatic heterocycles. The maximum atomic E-state index is 4.44. The quantitative estimate of drug-likeness (QED) is 0.885. The highest BCUT2D eigenvalue weighted by atomic mass is 15.2. The number of anilines is 1. The second kappa shape index (κ2) is 6.33. The van der Waals surface area contributed by atoms with E-state index in [1.54, 1.807) is 0 Å². The van der Waals surface area contributed by atoms with E-state index in [1.807, 2.05) is 19.9 Å². The summed E-state index contributed by atoms with van der Waals surface area (Å²) in [6.07, 6.45) is 2.59. The van der Waals surface area contributed by atoms with Gasteiger partial charge in [-0.2, -0.15) is 0 Å². The van der Waals surface area contributed by atoms with Crippen LogP contribution in [0.25, 0.3) is 0 Å². The molecule has 0 spiro atoms. The van der Waals surface area contributed by atoms with Crippen LogP contribution in [0.1, 0.15) is 38.1 Å². The maximum absolute atomic E-state index is 4.44. The molecule has 106 valence electrons. The molecular weight excluding hydrogens is 236 g/mol. The third-order valence-electron chi connectivity index (χ3n) is 3.58. The van der Waals surface area contributed by atoms with Crippen LogP contribution >= 0.6 is 0 Å². The van der Waals surface area contributed by atoms with Crippen LogP contribution in [0, 0.1) is 19.8 Å². The lowest BCUT2D eigenvalue weighted by atomic mass is 10.1. The summed E-state index contributed by atoms with van der Waals surface area (Å²) in [5, 5.41) is 3.41. The number of likely N-dealkylation sites (tertiary alicyclic amines) is 1. The molecule has 1 aliphatic rings. The van der Waals surface area contributed by atoms with Gasteiger partial charge in [-0.15, -0.1) is 0 Å². The summed E-state index contributed by atoms with van der Waals surface area (Å²) in [6, 6.07) is 2.64. The molecule has 0 bridgehead atoms. The van der Waals surface area contributed by atoms with Crippen molar-refractivity contribution < 1.29 is 0 Å². The zero-order valence-corrected chi connectivity index (χ0v) is 12.6. The molecule has 1 saturated heterocycles. The number of aryl methyl sites for hydroxylation is 2. The predicted molar refractivity (Wildman–Crippen MR) is 79.4 cm³/mol. The predicted octanol–water partition coefficient (Wildman–Crippen LogP) is 2.63. The van der Waals surface area contributed by atoms with Gasteiger partial charge in [-0.05, 0) is 45.2 Å². The maximum Gasteiger partial charge on any atom is 0.223 e. The molecular formula is C15H26N4. The fourth-order valence-corrected chi connectivity index (χ4v) is 2.85. The summed E-state index contributed by atoms with van der Waals surface area (Å²) in [7, 11) is 0. The van der Waals surface area contributed by atoms with Gasteiger partial charge in [-0.3, -0.25) is 4.90 Å². The minimum Gasteiger partial charge on any atom is -0.353 e. The van der Waals surface area contributed by atoms with Crippen molar-refractivity contribution in [3.05, 3.63) is 17.5 Å². The number of hydrogen-bond acceptors (Lipinski definition) is 4. The number of nitrogens with one attached hydrogen (secondary N) is 1. The number of aromatic nitrogens is 2. The Bertz CT molecular complexity index is 396. The molecule has 0 radical (unpaired) electrons. The van der Waals surface area contributed by atoms with Gasteiger partial charge in [0.15, 0.2) is 0 Å². The minimum absolute atomic E-state index is 0.631. The summed E-state index contributed by atoms with van der Waals surface area (Å²) in [5.41, 5.74) is 2.06. The molecule has 4 nitrogen and oxygen atoms in total. The molecule has 0 aromatic carbocycles. The largest absolute Gasteiger partial charge is 0.353 e. The Morgan fingerprint density at radius 3 is 2.63 bits per heavy atom. The first-order valence-electron chi connectivity index (χ1n) is 7.35. The Balaban J connectivity index is 1.90. The van der Waals surface area contributed by atoms with Crippen molar-refractivity contribution in [2.75, 3.05) is 25.0 Å². The molecule has 0 amide bonds. The molecule has 19 heavy (non-hydrogen) atoms. The van der Waals surface area contributed by atoms with Crippen LogP contribution < -0.4 is 5.32 Å². The van der Waals surface area contributed by atoms with Gasteiger partial charge in [0, 0.05) is 30.5 Å². The Hall–Kier alpha value is -1.16. The lowest BCUT2D eigenvalue weighted by Gasteiger charge is -2.26. The van der Waals surface area contributed by atoms with Crippen LogP contribution in [-0.2, 0) is 0 Å². The lowest BCUT2D eigenvalue weighted by Crippen LogP contribution is -2.37. The summed E-state index contributed by atoms with van der Waals surface area (Å²) >= 11 is 0. The highest BCUT2D eigenvalue weighted by Gasteiger charge is 2.24. The van der Waals surface area contributed by atoms with Gasteiger partial charge in [0.1, 0.15) is 0 Å². The van der Waals surface area contributed by atoms with Crippen molar-refractivity contribution in [1.29, 1.82) is 0 Å². The standard InChI is InChI=1S/C15H26N4/c1-11(2)10-19-7-5-6-14(19)9-16-15-17-12(3)8-13(4)18-15/h8,11,14H,5-7,9-10H2,1-4H3,(H,16,17,18)/t14-/m1/s1. The van der Waals surface area contributed by atoms with E-state index in [-0.39, 0.29) is 0 Å². The van der Waals surface area contributed by atoms with Crippen molar-refractivity contribution >= 4 is 5.95 Å². The summed E-state index contributed by atoms with van der Waals surface area (Å²) in [6.45, 7) is 12.0. The number of hydrogen-bond donors (Lipinski definition) is 1. The first-order valence-corrected chi connectivity index (χ1v) is 7.35. The number of nitrogens with zero attached hydrogens (tertiary/aromatic N) is 3. The summed E-state index contributed by atoms with van der Waals surface area (Å²) < 4.78 is 0. The van der Waals surface area contributed by atoms with E-state index in [9.17, 15) is 0 Å². The van der Waals surface area contributed by atoms with E-state index >= 15 is 0 Å². The first-order chi connectivity index (χ1) is 9.04. The van der Waals surface area contributed by atoms with Crippen LogP contribution in [0.4, 0.5) is 5.95 Å². The van der Waals surface area contributed by atoms with Crippen LogP contribution in [0.5, 0.6) is 0 Å². The van der Waals surface area contributed by atoms with Gasteiger partial charge in [0.2, 0.25) is 5.95 Å².